The van der Waals surface area contributed by atoms with Gasteiger partial charge in [-0.15, -0.1) is 0 Å². The molecule has 1 aromatic carbocycles. The van der Waals surface area contributed by atoms with Gasteiger partial charge in [-0.1, -0.05) is 17.2 Å². The largest absolute Gasteiger partial charge is 0.321 e. The predicted octanol–water partition coefficient (Wildman–Crippen LogP) is 0.606. The van der Waals surface area contributed by atoms with Gasteiger partial charge in [0.15, 0.2) is 0 Å². The molecule has 0 unspecified atom stereocenters. The topological polar surface area (TPSA) is 58.9 Å². The predicted molar refractivity (Wildman–Crippen MR) is 42.6 cm³/mol. The molecule has 0 spiro atoms. The number of hydrogen-bond donors (Lipinski definition) is 1. The summed E-state index contributed by atoms with van der Waals surface area (Å²) in [7, 11) is 0. The second kappa shape index (κ2) is 1.82. The molecule has 58 valence electrons. The highest BCUT2D eigenvalue weighted by atomic mass is 15.5. The third kappa shape index (κ3) is 0.554. The average molecular weight is 159 g/mol. The second-order valence-electron chi connectivity index (χ2n) is 2.56. The van der Waals surface area contributed by atoms with Crippen LogP contribution in [0.5, 0.6) is 0 Å². The minimum Gasteiger partial charge on any atom is -0.321 e. The van der Waals surface area contributed by atoms with Crippen molar-refractivity contribution in [1.82, 2.24) is 25.0 Å². The Morgan fingerprint density at radius 1 is 1.25 bits per heavy atom. The SMILES string of the molecule is c1ccc2c(c1)[nH]c1nnnn12. The van der Waals surface area contributed by atoms with Crippen LogP contribution in [0.25, 0.3) is 16.8 Å². The molecule has 2 aromatic heterocycles. The summed E-state index contributed by atoms with van der Waals surface area (Å²) in [6.07, 6.45) is 0. The van der Waals surface area contributed by atoms with E-state index in [1.165, 1.54) is 0 Å². The van der Waals surface area contributed by atoms with Gasteiger partial charge in [0.1, 0.15) is 0 Å². The first kappa shape index (κ1) is 5.70. The van der Waals surface area contributed by atoms with Crippen molar-refractivity contribution in [3.8, 4) is 0 Å². The van der Waals surface area contributed by atoms with E-state index in [9.17, 15) is 0 Å². The van der Waals surface area contributed by atoms with Crippen molar-refractivity contribution < 1.29 is 0 Å². The lowest BCUT2D eigenvalue weighted by atomic mass is 10.3. The van der Waals surface area contributed by atoms with E-state index in [1.807, 2.05) is 24.3 Å². The quantitative estimate of drug-likeness (QED) is 0.522. The summed E-state index contributed by atoms with van der Waals surface area (Å²) >= 11 is 0. The van der Waals surface area contributed by atoms with Gasteiger partial charge in [-0.25, -0.2) is 0 Å². The number of nitrogens with one attached hydrogen (secondary N) is 1. The molecule has 0 fully saturated rings. The molecule has 1 N–H and O–H groups in total. The van der Waals surface area contributed by atoms with E-state index in [1.54, 1.807) is 4.52 Å². The number of H-pyrrole nitrogens is 1. The Labute approximate surface area is 67.0 Å². The molecule has 0 amide bonds. The van der Waals surface area contributed by atoms with Crippen LogP contribution in [0.2, 0.25) is 0 Å². The molecular weight excluding hydrogens is 154 g/mol. The summed E-state index contributed by atoms with van der Waals surface area (Å²) in [5.41, 5.74) is 2.02. The monoisotopic (exact) mass is 159 g/mol. The molecule has 0 saturated heterocycles. The standard InChI is InChI=1S/C7H5N5/c1-2-4-6-5(3-1)8-7-9-10-11-12(6)7/h1-4H,(H,8,9,11). The molecule has 3 aromatic rings. The van der Waals surface area contributed by atoms with E-state index in [-0.39, 0.29) is 0 Å². The maximum absolute atomic E-state index is 3.83. The number of aromatic amines is 1. The zero-order chi connectivity index (χ0) is 7.97. The molecule has 3 rings (SSSR count). The zero-order valence-electron chi connectivity index (χ0n) is 6.10. The molecule has 5 heteroatoms. The normalized spacial score (nSPS) is 11.3. The van der Waals surface area contributed by atoms with Crippen LogP contribution in [0.1, 0.15) is 0 Å². The molecule has 0 aliphatic carbocycles. The summed E-state index contributed by atoms with van der Waals surface area (Å²) in [6.45, 7) is 0. The maximum atomic E-state index is 3.83. The summed E-state index contributed by atoms with van der Waals surface area (Å²) in [5.74, 6) is 0.677. The van der Waals surface area contributed by atoms with Gasteiger partial charge in [-0.2, -0.15) is 4.52 Å². The number of nitrogens with zero attached hydrogens (tertiary/aromatic N) is 4. The van der Waals surface area contributed by atoms with Crippen molar-refractivity contribution in [3.63, 3.8) is 0 Å². The van der Waals surface area contributed by atoms with Crippen LogP contribution in [-0.4, -0.2) is 25.0 Å². The van der Waals surface area contributed by atoms with Crippen LogP contribution in [-0.2, 0) is 0 Å². The molecule has 0 aliphatic rings. The van der Waals surface area contributed by atoms with E-state index in [0.717, 1.165) is 11.0 Å². The van der Waals surface area contributed by atoms with Crippen molar-refractivity contribution in [2.75, 3.05) is 0 Å². The number of aromatic nitrogens is 5. The first-order valence-corrected chi connectivity index (χ1v) is 3.60. The Morgan fingerprint density at radius 2 is 2.17 bits per heavy atom. The zero-order valence-corrected chi connectivity index (χ0v) is 6.10. The summed E-state index contributed by atoms with van der Waals surface area (Å²) in [6, 6.07) is 7.86. The molecule has 0 bridgehead atoms. The number of hydrogen-bond acceptors (Lipinski definition) is 3. The number of tetrazole rings is 1. The fourth-order valence-corrected chi connectivity index (χ4v) is 1.31. The average Bonchev–Trinajstić information content (AvgIpc) is 2.62. The fraction of sp³-hybridized carbons (Fsp3) is 0. The van der Waals surface area contributed by atoms with Crippen LogP contribution >= 0.6 is 0 Å². The smallest absolute Gasteiger partial charge is 0.252 e. The van der Waals surface area contributed by atoms with Crippen LogP contribution in [0, 0.1) is 0 Å². The van der Waals surface area contributed by atoms with Gasteiger partial charge in [-0.05, 0) is 22.6 Å². The Bertz CT molecular complexity index is 534. The molecule has 0 saturated carbocycles. The Hall–Kier alpha value is -1.91. The van der Waals surface area contributed by atoms with E-state index in [4.69, 9.17) is 0 Å². The number of benzene rings is 1. The van der Waals surface area contributed by atoms with Crippen LogP contribution in [0.4, 0.5) is 0 Å². The van der Waals surface area contributed by atoms with E-state index in [0.29, 0.717) is 5.78 Å². The van der Waals surface area contributed by atoms with Gasteiger partial charge in [0.05, 0.1) is 11.0 Å². The third-order valence-electron chi connectivity index (χ3n) is 1.85. The molecule has 0 radical (unpaired) electrons. The van der Waals surface area contributed by atoms with Crippen molar-refractivity contribution >= 4 is 16.8 Å². The van der Waals surface area contributed by atoms with E-state index in [2.05, 4.69) is 20.5 Å². The van der Waals surface area contributed by atoms with Crippen molar-refractivity contribution in [3.05, 3.63) is 24.3 Å². The van der Waals surface area contributed by atoms with Gasteiger partial charge < -0.3 is 4.98 Å². The van der Waals surface area contributed by atoms with Crippen LogP contribution in [0.15, 0.2) is 24.3 Å². The lowest BCUT2D eigenvalue weighted by Gasteiger charge is -1.84. The van der Waals surface area contributed by atoms with Gasteiger partial charge in [0, 0.05) is 0 Å². The molecule has 2 heterocycles. The highest BCUT2D eigenvalue weighted by Gasteiger charge is 2.03. The highest BCUT2D eigenvalue weighted by molar-refractivity contribution is 5.78. The van der Waals surface area contributed by atoms with Gasteiger partial charge in [-0.3, -0.25) is 0 Å². The Morgan fingerprint density at radius 3 is 3.17 bits per heavy atom. The Kier molecular flexibility index (Phi) is 0.864. The van der Waals surface area contributed by atoms with Crippen molar-refractivity contribution in [2.45, 2.75) is 0 Å². The summed E-state index contributed by atoms with van der Waals surface area (Å²) in [4.78, 5) is 3.08. The fourth-order valence-electron chi connectivity index (χ4n) is 1.31. The lowest BCUT2D eigenvalue weighted by Crippen LogP contribution is -1.82. The van der Waals surface area contributed by atoms with Gasteiger partial charge in [0.25, 0.3) is 5.78 Å². The minimum absolute atomic E-state index is 0.677. The lowest BCUT2D eigenvalue weighted by molar-refractivity contribution is 0.843. The van der Waals surface area contributed by atoms with E-state index < -0.39 is 0 Å². The minimum atomic E-state index is 0.677. The summed E-state index contributed by atoms with van der Waals surface area (Å²) < 4.78 is 1.68. The molecule has 5 nitrogen and oxygen atoms in total. The van der Waals surface area contributed by atoms with E-state index >= 15 is 0 Å². The third-order valence-corrected chi connectivity index (χ3v) is 1.85. The number of imidazole rings is 1. The van der Waals surface area contributed by atoms with Crippen LogP contribution in [0.3, 0.4) is 0 Å². The molecular formula is C7H5N5. The first-order valence-electron chi connectivity index (χ1n) is 3.60. The maximum Gasteiger partial charge on any atom is 0.252 e. The van der Waals surface area contributed by atoms with Gasteiger partial charge >= 0.3 is 0 Å². The van der Waals surface area contributed by atoms with Crippen molar-refractivity contribution in [2.24, 2.45) is 0 Å². The van der Waals surface area contributed by atoms with Crippen molar-refractivity contribution in [1.29, 1.82) is 0 Å². The Balaban J connectivity index is 2.68. The summed E-state index contributed by atoms with van der Waals surface area (Å²) in [5, 5.41) is 11.2. The first-order chi connectivity index (χ1) is 5.95. The highest BCUT2D eigenvalue weighted by Crippen LogP contribution is 2.11. The number of rotatable bonds is 0. The molecule has 12 heavy (non-hydrogen) atoms. The number of para-hydroxylation sites is 2. The molecule has 0 aliphatic heterocycles. The van der Waals surface area contributed by atoms with Gasteiger partial charge in [0.2, 0.25) is 0 Å². The van der Waals surface area contributed by atoms with Crippen LogP contribution < -0.4 is 0 Å². The second-order valence-corrected chi connectivity index (χ2v) is 2.56. The molecule has 0 atom stereocenters. The number of fused-ring (bicyclic) bond motifs is 3.